The maximum atomic E-state index is 5.53. The molecule has 0 spiro atoms. The molecule has 0 aliphatic heterocycles. The van der Waals surface area contributed by atoms with Gasteiger partial charge in [-0.1, -0.05) is 6.07 Å². The van der Waals surface area contributed by atoms with Crippen LogP contribution in [0.25, 0.3) is 0 Å². The zero-order valence-corrected chi connectivity index (χ0v) is 7.73. The summed E-state index contributed by atoms with van der Waals surface area (Å²) in [5.41, 5.74) is 0. The molecule has 0 amide bonds. The van der Waals surface area contributed by atoms with Gasteiger partial charge < -0.3 is 4.42 Å². The number of nitrogens with zero attached hydrogens (tertiary/aromatic N) is 1. The molecule has 0 unspecified atom stereocenters. The van der Waals surface area contributed by atoms with E-state index in [2.05, 4.69) is 11.1 Å². The van der Waals surface area contributed by atoms with Crippen LogP contribution >= 0.6 is 22.9 Å². The molecule has 0 saturated heterocycles. The molecule has 0 atom stereocenters. The van der Waals surface area contributed by atoms with E-state index in [1.54, 1.807) is 17.5 Å². The van der Waals surface area contributed by atoms with Gasteiger partial charge in [0.1, 0.15) is 5.76 Å². The Hall–Kier alpha value is -0.800. The topological polar surface area (TPSA) is 26.0 Å². The highest BCUT2D eigenvalue weighted by molar-refractivity contribution is 7.09. The van der Waals surface area contributed by atoms with Crippen molar-refractivity contribution in [3.63, 3.8) is 0 Å². The third-order valence-corrected chi connectivity index (χ3v) is 2.51. The fourth-order valence-corrected chi connectivity index (χ4v) is 1.81. The number of rotatable bonds is 2. The van der Waals surface area contributed by atoms with E-state index in [1.165, 1.54) is 4.88 Å². The number of hydrogen-bond acceptors (Lipinski definition) is 3. The van der Waals surface area contributed by atoms with Crippen molar-refractivity contribution >= 4 is 22.9 Å². The Morgan fingerprint density at radius 1 is 1.58 bits per heavy atom. The van der Waals surface area contributed by atoms with Crippen molar-refractivity contribution in [2.24, 2.45) is 0 Å². The lowest BCUT2D eigenvalue weighted by Crippen LogP contribution is -1.78. The molecule has 0 N–H and O–H groups in total. The van der Waals surface area contributed by atoms with Crippen LogP contribution in [0.3, 0.4) is 0 Å². The number of halogens is 1. The van der Waals surface area contributed by atoms with Crippen LogP contribution < -0.4 is 0 Å². The molecule has 2 nitrogen and oxygen atoms in total. The van der Waals surface area contributed by atoms with Crippen LogP contribution in [0.5, 0.6) is 0 Å². The van der Waals surface area contributed by atoms with Crippen LogP contribution in [0.15, 0.2) is 28.1 Å². The Bertz CT molecular complexity index is 355. The molecule has 12 heavy (non-hydrogen) atoms. The maximum Gasteiger partial charge on any atom is 0.292 e. The lowest BCUT2D eigenvalue weighted by Gasteiger charge is -1.89. The number of thiophene rings is 1. The van der Waals surface area contributed by atoms with Gasteiger partial charge in [0.25, 0.3) is 5.35 Å². The highest BCUT2D eigenvalue weighted by Gasteiger charge is 2.02. The minimum Gasteiger partial charge on any atom is -0.432 e. The molecule has 0 aliphatic carbocycles. The molecule has 2 aromatic heterocycles. The summed E-state index contributed by atoms with van der Waals surface area (Å²) >= 11 is 7.22. The first-order valence-electron chi connectivity index (χ1n) is 3.47. The monoisotopic (exact) mass is 199 g/mol. The molecule has 2 heterocycles. The predicted molar refractivity (Wildman–Crippen MR) is 48.6 cm³/mol. The van der Waals surface area contributed by atoms with E-state index in [1.807, 2.05) is 11.4 Å². The van der Waals surface area contributed by atoms with Crippen molar-refractivity contribution in [3.8, 4) is 0 Å². The second-order valence-electron chi connectivity index (χ2n) is 2.34. The quantitative estimate of drug-likeness (QED) is 0.743. The van der Waals surface area contributed by atoms with Gasteiger partial charge in [-0.2, -0.15) is 0 Å². The van der Waals surface area contributed by atoms with E-state index >= 15 is 0 Å². The van der Waals surface area contributed by atoms with Crippen LogP contribution in [0.4, 0.5) is 0 Å². The Morgan fingerprint density at radius 3 is 3.08 bits per heavy atom. The molecule has 0 fully saturated rings. The highest BCUT2D eigenvalue weighted by Crippen LogP contribution is 2.16. The summed E-state index contributed by atoms with van der Waals surface area (Å²) in [6.45, 7) is 0. The third-order valence-electron chi connectivity index (χ3n) is 1.45. The number of oxazole rings is 1. The highest BCUT2D eigenvalue weighted by atomic mass is 35.5. The summed E-state index contributed by atoms with van der Waals surface area (Å²) in [6.07, 6.45) is 2.43. The van der Waals surface area contributed by atoms with Crippen molar-refractivity contribution in [2.75, 3.05) is 0 Å². The maximum absolute atomic E-state index is 5.53. The number of hydrogen-bond donors (Lipinski definition) is 0. The summed E-state index contributed by atoms with van der Waals surface area (Å²) in [5.74, 6) is 0.808. The van der Waals surface area contributed by atoms with Gasteiger partial charge in [-0.05, 0) is 23.0 Å². The fraction of sp³-hybridized carbons (Fsp3) is 0.125. The zero-order valence-electron chi connectivity index (χ0n) is 6.16. The molecule has 0 bridgehead atoms. The van der Waals surface area contributed by atoms with Crippen LogP contribution in [0.1, 0.15) is 10.6 Å². The Balaban J connectivity index is 2.14. The van der Waals surface area contributed by atoms with Gasteiger partial charge in [-0.15, -0.1) is 11.3 Å². The van der Waals surface area contributed by atoms with Crippen molar-refractivity contribution in [1.29, 1.82) is 0 Å². The molecule has 4 heteroatoms. The molecule has 62 valence electrons. The van der Waals surface area contributed by atoms with Crippen LogP contribution in [-0.2, 0) is 6.42 Å². The average molecular weight is 200 g/mol. The smallest absolute Gasteiger partial charge is 0.292 e. The molecule has 0 saturated carbocycles. The molecule has 2 aromatic rings. The van der Waals surface area contributed by atoms with Gasteiger partial charge in [0.05, 0.1) is 6.20 Å². The third kappa shape index (κ3) is 1.68. The molecule has 2 rings (SSSR count). The van der Waals surface area contributed by atoms with E-state index < -0.39 is 0 Å². The molecular formula is C8H6ClNOS. The minimum absolute atomic E-state index is 0.210. The van der Waals surface area contributed by atoms with Gasteiger partial charge in [0, 0.05) is 11.3 Å². The lowest BCUT2D eigenvalue weighted by molar-refractivity contribution is 0.517. The molecule has 0 radical (unpaired) electrons. The Labute approximate surface area is 78.8 Å². The van der Waals surface area contributed by atoms with Gasteiger partial charge in [0.15, 0.2) is 0 Å². The van der Waals surface area contributed by atoms with Crippen molar-refractivity contribution in [1.82, 2.24) is 4.98 Å². The van der Waals surface area contributed by atoms with Crippen LogP contribution in [0, 0.1) is 0 Å². The predicted octanol–water partition coefficient (Wildman–Crippen LogP) is 2.98. The molecule has 0 aromatic carbocycles. The van der Waals surface area contributed by atoms with Gasteiger partial charge in [0.2, 0.25) is 0 Å². The Morgan fingerprint density at radius 2 is 2.50 bits per heavy atom. The second-order valence-corrected chi connectivity index (χ2v) is 3.69. The standard InChI is InChI=1S/C8H6ClNOS/c9-8-10-5-6(11-8)4-7-2-1-3-12-7/h1-3,5H,4H2. The van der Waals surface area contributed by atoms with E-state index in [4.69, 9.17) is 16.0 Å². The summed E-state index contributed by atoms with van der Waals surface area (Å²) in [7, 11) is 0. The van der Waals surface area contributed by atoms with E-state index in [0.717, 1.165) is 12.2 Å². The van der Waals surface area contributed by atoms with Crippen molar-refractivity contribution < 1.29 is 4.42 Å². The first-order valence-corrected chi connectivity index (χ1v) is 4.73. The summed E-state index contributed by atoms with van der Waals surface area (Å²) < 4.78 is 5.12. The normalized spacial score (nSPS) is 10.4. The first-order chi connectivity index (χ1) is 5.84. The van der Waals surface area contributed by atoms with Crippen LogP contribution in [-0.4, -0.2) is 4.98 Å². The van der Waals surface area contributed by atoms with E-state index in [0.29, 0.717) is 0 Å². The number of aromatic nitrogens is 1. The van der Waals surface area contributed by atoms with Crippen molar-refractivity contribution in [3.05, 3.63) is 39.7 Å². The van der Waals surface area contributed by atoms with Gasteiger partial charge in [-0.25, -0.2) is 4.98 Å². The largest absolute Gasteiger partial charge is 0.432 e. The summed E-state index contributed by atoms with van der Waals surface area (Å²) in [6, 6.07) is 4.07. The van der Waals surface area contributed by atoms with E-state index in [9.17, 15) is 0 Å². The van der Waals surface area contributed by atoms with Gasteiger partial charge in [-0.3, -0.25) is 0 Å². The average Bonchev–Trinajstić information content (AvgIpc) is 2.63. The second kappa shape index (κ2) is 3.29. The van der Waals surface area contributed by atoms with Crippen LogP contribution in [0.2, 0.25) is 5.35 Å². The zero-order chi connectivity index (χ0) is 8.39. The SMILES string of the molecule is Clc1ncc(Cc2cccs2)o1. The summed E-state index contributed by atoms with van der Waals surface area (Å²) in [4.78, 5) is 5.05. The summed E-state index contributed by atoms with van der Waals surface area (Å²) in [5, 5.41) is 2.24. The fourth-order valence-electron chi connectivity index (χ4n) is 0.950. The lowest BCUT2D eigenvalue weighted by atomic mass is 10.3. The first kappa shape index (κ1) is 7.83. The van der Waals surface area contributed by atoms with Crippen molar-refractivity contribution in [2.45, 2.75) is 6.42 Å². The molecular weight excluding hydrogens is 194 g/mol. The minimum atomic E-state index is 0.210. The Kier molecular flexibility index (Phi) is 2.15. The van der Waals surface area contributed by atoms with E-state index in [-0.39, 0.29) is 5.35 Å². The van der Waals surface area contributed by atoms with Gasteiger partial charge >= 0.3 is 0 Å². The molecule has 0 aliphatic rings.